The van der Waals surface area contributed by atoms with Crippen molar-refractivity contribution >= 4 is 11.7 Å². The second kappa shape index (κ2) is 7.13. The molecule has 1 amide bonds. The standard InChI is InChI=1S/C20H24N2O3/c1-14-7-6-12-21-18(14)22-19(23)20(10-4-5-11-20)15-8-9-16(24-2)17(13-15)25-3/h6-9,12-13H,4-5,10-11H2,1-3H3,(H,21,22,23). The Balaban J connectivity index is 1.97. The molecule has 132 valence electrons. The van der Waals surface area contributed by atoms with E-state index in [1.54, 1.807) is 20.4 Å². The van der Waals surface area contributed by atoms with E-state index >= 15 is 0 Å². The number of carbonyl (C=O) groups excluding carboxylic acids is 1. The first kappa shape index (κ1) is 17.3. The summed E-state index contributed by atoms with van der Waals surface area (Å²) in [5.41, 5.74) is 1.37. The number of hydrogen-bond acceptors (Lipinski definition) is 4. The maximum absolute atomic E-state index is 13.2. The molecule has 1 saturated carbocycles. The van der Waals surface area contributed by atoms with Gasteiger partial charge in [0, 0.05) is 6.20 Å². The van der Waals surface area contributed by atoms with Crippen molar-refractivity contribution in [1.82, 2.24) is 4.98 Å². The molecule has 25 heavy (non-hydrogen) atoms. The van der Waals surface area contributed by atoms with Gasteiger partial charge in [0.15, 0.2) is 11.5 Å². The second-order valence-corrected chi connectivity index (χ2v) is 6.48. The summed E-state index contributed by atoms with van der Waals surface area (Å²) >= 11 is 0. The van der Waals surface area contributed by atoms with Crippen molar-refractivity contribution < 1.29 is 14.3 Å². The van der Waals surface area contributed by atoms with Gasteiger partial charge in [-0.15, -0.1) is 0 Å². The van der Waals surface area contributed by atoms with Crippen LogP contribution in [0.25, 0.3) is 0 Å². The number of methoxy groups -OCH3 is 2. The summed E-state index contributed by atoms with van der Waals surface area (Å²) in [5.74, 6) is 1.94. The highest BCUT2D eigenvalue weighted by atomic mass is 16.5. The largest absolute Gasteiger partial charge is 0.493 e. The predicted molar refractivity (Wildman–Crippen MR) is 97.3 cm³/mol. The van der Waals surface area contributed by atoms with E-state index in [-0.39, 0.29) is 5.91 Å². The van der Waals surface area contributed by atoms with Crippen LogP contribution in [0.3, 0.4) is 0 Å². The Kier molecular flexibility index (Phi) is 4.93. The summed E-state index contributed by atoms with van der Waals surface area (Å²) < 4.78 is 10.8. The Morgan fingerprint density at radius 1 is 1.12 bits per heavy atom. The number of carbonyl (C=O) groups is 1. The van der Waals surface area contributed by atoms with E-state index in [4.69, 9.17) is 9.47 Å². The Morgan fingerprint density at radius 2 is 1.84 bits per heavy atom. The van der Waals surface area contributed by atoms with Crippen molar-refractivity contribution in [3.63, 3.8) is 0 Å². The number of ether oxygens (including phenoxy) is 2. The molecule has 0 saturated heterocycles. The van der Waals surface area contributed by atoms with E-state index < -0.39 is 5.41 Å². The minimum Gasteiger partial charge on any atom is -0.493 e. The van der Waals surface area contributed by atoms with Crippen LogP contribution in [0.2, 0.25) is 0 Å². The number of pyridine rings is 1. The molecule has 1 heterocycles. The Hall–Kier alpha value is -2.56. The zero-order chi connectivity index (χ0) is 17.9. The molecule has 5 heteroatoms. The van der Waals surface area contributed by atoms with Gasteiger partial charge in [0.2, 0.25) is 5.91 Å². The highest BCUT2D eigenvalue weighted by Gasteiger charge is 2.43. The van der Waals surface area contributed by atoms with Crippen molar-refractivity contribution in [3.05, 3.63) is 47.7 Å². The molecule has 0 spiro atoms. The smallest absolute Gasteiger partial charge is 0.236 e. The summed E-state index contributed by atoms with van der Waals surface area (Å²) in [4.78, 5) is 17.5. The first-order valence-electron chi connectivity index (χ1n) is 8.56. The number of benzene rings is 1. The van der Waals surface area contributed by atoms with Crippen molar-refractivity contribution in [1.29, 1.82) is 0 Å². The molecule has 2 aromatic rings. The molecule has 3 rings (SSSR count). The molecular weight excluding hydrogens is 316 g/mol. The number of rotatable bonds is 5. The van der Waals surface area contributed by atoms with Gasteiger partial charge in [-0.3, -0.25) is 4.79 Å². The lowest BCUT2D eigenvalue weighted by Gasteiger charge is -2.29. The summed E-state index contributed by atoms with van der Waals surface area (Å²) in [5, 5.41) is 3.04. The lowest BCUT2D eigenvalue weighted by atomic mass is 9.77. The third-order valence-electron chi connectivity index (χ3n) is 5.07. The van der Waals surface area contributed by atoms with Gasteiger partial charge in [-0.05, 0) is 49.1 Å². The summed E-state index contributed by atoms with van der Waals surface area (Å²) in [7, 11) is 3.22. The third kappa shape index (κ3) is 3.18. The SMILES string of the molecule is COc1ccc(C2(C(=O)Nc3ncccc3C)CCCC2)cc1OC. The fourth-order valence-electron chi connectivity index (χ4n) is 3.60. The van der Waals surface area contributed by atoms with Crippen molar-refractivity contribution in [3.8, 4) is 11.5 Å². The monoisotopic (exact) mass is 340 g/mol. The molecular formula is C20H24N2O3. The average molecular weight is 340 g/mol. The average Bonchev–Trinajstić information content (AvgIpc) is 3.14. The molecule has 1 aromatic carbocycles. The van der Waals surface area contributed by atoms with Crippen LogP contribution in [-0.2, 0) is 10.2 Å². The van der Waals surface area contributed by atoms with E-state index in [1.165, 1.54) is 0 Å². The molecule has 0 radical (unpaired) electrons. The molecule has 5 nitrogen and oxygen atoms in total. The molecule has 0 atom stereocenters. The normalized spacial score (nSPS) is 15.6. The minimum absolute atomic E-state index is 0.000908. The van der Waals surface area contributed by atoms with Gasteiger partial charge in [-0.1, -0.05) is 25.0 Å². The van der Waals surface area contributed by atoms with E-state index in [0.29, 0.717) is 17.3 Å². The maximum Gasteiger partial charge on any atom is 0.236 e. The van der Waals surface area contributed by atoms with Gasteiger partial charge in [0.05, 0.1) is 19.6 Å². The molecule has 1 aromatic heterocycles. The number of nitrogens with one attached hydrogen (secondary N) is 1. The van der Waals surface area contributed by atoms with Crippen LogP contribution >= 0.6 is 0 Å². The number of aromatic nitrogens is 1. The van der Waals surface area contributed by atoms with Gasteiger partial charge in [0.1, 0.15) is 5.82 Å². The third-order valence-corrected chi connectivity index (χ3v) is 5.07. The van der Waals surface area contributed by atoms with Crippen LogP contribution in [0.5, 0.6) is 11.5 Å². The van der Waals surface area contributed by atoms with Crippen LogP contribution < -0.4 is 14.8 Å². The number of amides is 1. The number of anilines is 1. The highest BCUT2D eigenvalue weighted by molar-refractivity contribution is 5.99. The molecule has 1 aliphatic carbocycles. The lowest BCUT2D eigenvalue weighted by Crippen LogP contribution is -2.38. The maximum atomic E-state index is 13.2. The van der Waals surface area contributed by atoms with Gasteiger partial charge in [-0.2, -0.15) is 0 Å². The molecule has 0 unspecified atom stereocenters. The molecule has 1 N–H and O–H groups in total. The summed E-state index contributed by atoms with van der Waals surface area (Å²) in [6.45, 7) is 1.94. The van der Waals surface area contributed by atoms with Crippen LogP contribution in [0.15, 0.2) is 36.5 Å². The van der Waals surface area contributed by atoms with E-state index in [9.17, 15) is 4.79 Å². The molecule has 1 fully saturated rings. The van der Waals surface area contributed by atoms with E-state index in [2.05, 4.69) is 10.3 Å². The molecule has 0 aliphatic heterocycles. The van der Waals surface area contributed by atoms with E-state index in [1.807, 2.05) is 37.3 Å². The summed E-state index contributed by atoms with van der Waals surface area (Å²) in [6.07, 6.45) is 5.40. The Bertz CT molecular complexity index is 767. The molecule has 0 bridgehead atoms. The van der Waals surface area contributed by atoms with E-state index in [0.717, 1.165) is 36.8 Å². The van der Waals surface area contributed by atoms with Gasteiger partial charge < -0.3 is 14.8 Å². The van der Waals surface area contributed by atoms with Gasteiger partial charge in [-0.25, -0.2) is 4.98 Å². The zero-order valence-corrected chi connectivity index (χ0v) is 15.0. The lowest BCUT2D eigenvalue weighted by molar-refractivity contribution is -0.121. The first-order valence-corrected chi connectivity index (χ1v) is 8.56. The Morgan fingerprint density at radius 3 is 2.48 bits per heavy atom. The number of hydrogen-bond donors (Lipinski definition) is 1. The first-order chi connectivity index (χ1) is 12.1. The van der Waals surface area contributed by atoms with Crippen molar-refractivity contribution in [2.45, 2.75) is 38.0 Å². The quantitative estimate of drug-likeness (QED) is 0.898. The van der Waals surface area contributed by atoms with Crippen LogP contribution in [0.4, 0.5) is 5.82 Å². The number of nitrogens with zero attached hydrogens (tertiary/aromatic N) is 1. The predicted octanol–water partition coefficient (Wildman–Crippen LogP) is 3.86. The van der Waals surface area contributed by atoms with Crippen LogP contribution in [-0.4, -0.2) is 25.1 Å². The topological polar surface area (TPSA) is 60.5 Å². The highest BCUT2D eigenvalue weighted by Crippen LogP contribution is 2.44. The molecule has 1 aliphatic rings. The fraction of sp³-hybridized carbons (Fsp3) is 0.400. The van der Waals surface area contributed by atoms with Crippen LogP contribution in [0, 0.1) is 6.92 Å². The van der Waals surface area contributed by atoms with Gasteiger partial charge >= 0.3 is 0 Å². The fourth-order valence-corrected chi connectivity index (χ4v) is 3.60. The van der Waals surface area contributed by atoms with Gasteiger partial charge in [0.25, 0.3) is 0 Å². The zero-order valence-electron chi connectivity index (χ0n) is 15.0. The van der Waals surface area contributed by atoms with Crippen LogP contribution in [0.1, 0.15) is 36.8 Å². The second-order valence-electron chi connectivity index (χ2n) is 6.48. The number of aryl methyl sites for hydroxylation is 1. The minimum atomic E-state index is -0.552. The Labute approximate surface area is 148 Å². The van der Waals surface area contributed by atoms with Crippen molar-refractivity contribution in [2.24, 2.45) is 0 Å². The van der Waals surface area contributed by atoms with Crippen molar-refractivity contribution in [2.75, 3.05) is 19.5 Å². The summed E-state index contributed by atoms with van der Waals surface area (Å²) in [6, 6.07) is 9.57.